The van der Waals surface area contributed by atoms with Crippen LogP contribution in [0.4, 0.5) is 0 Å². The molecule has 1 saturated heterocycles. The summed E-state index contributed by atoms with van der Waals surface area (Å²) in [6.45, 7) is 3.53. The number of ether oxygens (including phenoxy) is 3. The number of hydrogen-bond acceptors (Lipinski definition) is 5. The summed E-state index contributed by atoms with van der Waals surface area (Å²) in [6, 6.07) is 13.3. The van der Waals surface area contributed by atoms with E-state index < -0.39 is 0 Å². The summed E-state index contributed by atoms with van der Waals surface area (Å²) in [5, 5.41) is 3.71. The monoisotopic (exact) mass is 430 g/mol. The van der Waals surface area contributed by atoms with Gasteiger partial charge in [0.2, 0.25) is 5.91 Å². The molecule has 0 spiro atoms. The standard InChI is InChI=1S/C23H27ClN2O4/c1-28-21-9-3-17(15-22(21)29-2)4-10-23(27)25-16-20(26-11-13-30-14-12-26)18-5-7-19(24)8-6-18/h3-10,15,20H,11-14,16H2,1-2H3,(H,25,27). The number of amides is 1. The van der Waals surface area contributed by atoms with Gasteiger partial charge in [-0.2, -0.15) is 0 Å². The quantitative estimate of drug-likeness (QED) is 0.649. The third-order valence-corrected chi connectivity index (χ3v) is 5.30. The largest absolute Gasteiger partial charge is 0.493 e. The molecule has 6 nitrogen and oxygen atoms in total. The van der Waals surface area contributed by atoms with Crippen LogP contribution in [0.25, 0.3) is 6.08 Å². The van der Waals surface area contributed by atoms with E-state index in [0.717, 1.165) is 24.2 Å². The zero-order chi connectivity index (χ0) is 21.3. The van der Waals surface area contributed by atoms with E-state index in [2.05, 4.69) is 10.2 Å². The Labute approximate surface area is 182 Å². The lowest BCUT2D eigenvalue weighted by atomic mass is 10.0. The first-order chi connectivity index (χ1) is 14.6. The van der Waals surface area contributed by atoms with Crippen LogP contribution in [-0.4, -0.2) is 57.9 Å². The molecule has 1 aliphatic rings. The zero-order valence-corrected chi connectivity index (χ0v) is 18.0. The van der Waals surface area contributed by atoms with Crippen LogP contribution in [0.1, 0.15) is 17.2 Å². The molecule has 2 aromatic carbocycles. The second-order valence-corrected chi connectivity index (χ2v) is 7.35. The Kier molecular flexibility index (Phi) is 8.13. The van der Waals surface area contributed by atoms with Crippen molar-refractivity contribution in [3.05, 3.63) is 64.7 Å². The first-order valence-corrected chi connectivity index (χ1v) is 10.2. The predicted molar refractivity (Wildman–Crippen MR) is 118 cm³/mol. The molecular weight excluding hydrogens is 404 g/mol. The Hall–Kier alpha value is -2.54. The highest BCUT2D eigenvalue weighted by Gasteiger charge is 2.23. The molecule has 3 rings (SSSR count). The van der Waals surface area contributed by atoms with E-state index >= 15 is 0 Å². The van der Waals surface area contributed by atoms with Crippen LogP contribution in [-0.2, 0) is 9.53 Å². The maximum Gasteiger partial charge on any atom is 0.244 e. The van der Waals surface area contributed by atoms with E-state index in [1.807, 2.05) is 42.5 Å². The molecule has 160 valence electrons. The summed E-state index contributed by atoms with van der Waals surface area (Å²) in [5.74, 6) is 1.11. The predicted octanol–water partition coefficient (Wildman–Crippen LogP) is 3.56. The summed E-state index contributed by atoms with van der Waals surface area (Å²) in [4.78, 5) is 14.8. The molecule has 1 unspecified atom stereocenters. The van der Waals surface area contributed by atoms with Crippen molar-refractivity contribution in [2.75, 3.05) is 47.1 Å². The molecule has 30 heavy (non-hydrogen) atoms. The second-order valence-electron chi connectivity index (χ2n) is 6.91. The van der Waals surface area contributed by atoms with Gasteiger partial charge in [0.1, 0.15) is 0 Å². The topological polar surface area (TPSA) is 60.0 Å². The number of carbonyl (C=O) groups is 1. The maximum atomic E-state index is 12.4. The van der Waals surface area contributed by atoms with E-state index in [1.54, 1.807) is 20.3 Å². The summed E-state index contributed by atoms with van der Waals surface area (Å²) in [7, 11) is 3.17. The van der Waals surface area contributed by atoms with Gasteiger partial charge in [-0.1, -0.05) is 29.8 Å². The van der Waals surface area contributed by atoms with Gasteiger partial charge in [0.25, 0.3) is 0 Å². The Morgan fingerprint density at radius 1 is 1.13 bits per heavy atom. The second kappa shape index (κ2) is 11.0. The Morgan fingerprint density at radius 2 is 1.83 bits per heavy atom. The van der Waals surface area contributed by atoms with Crippen molar-refractivity contribution in [1.29, 1.82) is 0 Å². The van der Waals surface area contributed by atoms with Crippen LogP contribution in [0.15, 0.2) is 48.5 Å². The minimum atomic E-state index is -0.156. The van der Waals surface area contributed by atoms with Gasteiger partial charge in [-0.05, 0) is 41.5 Å². The van der Waals surface area contributed by atoms with E-state index in [4.69, 9.17) is 25.8 Å². The van der Waals surface area contributed by atoms with Crippen LogP contribution >= 0.6 is 11.6 Å². The van der Waals surface area contributed by atoms with Gasteiger partial charge in [-0.25, -0.2) is 0 Å². The van der Waals surface area contributed by atoms with Crippen molar-refractivity contribution in [1.82, 2.24) is 10.2 Å². The molecular formula is C23H27ClN2O4. The molecule has 1 aliphatic heterocycles. The van der Waals surface area contributed by atoms with E-state index in [0.29, 0.717) is 36.3 Å². The summed E-state index contributed by atoms with van der Waals surface area (Å²) in [5.41, 5.74) is 1.97. The summed E-state index contributed by atoms with van der Waals surface area (Å²) in [6.07, 6.45) is 3.28. The van der Waals surface area contributed by atoms with Gasteiger partial charge in [0, 0.05) is 30.7 Å². The number of halogens is 1. The van der Waals surface area contributed by atoms with Crippen LogP contribution in [0.3, 0.4) is 0 Å². The minimum Gasteiger partial charge on any atom is -0.493 e. The van der Waals surface area contributed by atoms with E-state index in [1.165, 1.54) is 6.08 Å². The highest BCUT2D eigenvalue weighted by Crippen LogP contribution is 2.28. The van der Waals surface area contributed by atoms with Crippen molar-refractivity contribution >= 4 is 23.6 Å². The fourth-order valence-corrected chi connectivity index (χ4v) is 3.54. The number of carbonyl (C=O) groups excluding carboxylic acids is 1. The molecule has 1 heterocycles. The molecule has 7 heteroatoms. The van der Waals surface area contributed by atoms with Crippen molar-refractivity contribution < 1.29 is 19.0 Å². The first kappa shape index (κ1) is 22.2. The Balaban J connectivity index is 1.65. The molecule has 1 N–H and O–H groups in total. The zero-order valence-electron chi connectivity index (χ0n) is 17.3. The van der Waals surface area contributed by atoms with Gasteiger partial charge in [0.15, 0.2) is 11.5 Å². The lowest BCUT2D eigenvalue weighted by Gasteiger charge is -2.34. The Bertz CT molecular complexity index is 864. The van der Waals surface area contributed by atoms with Crippen LogP contribution in [0.5, 0.6) is 11.5 Å². The Morgan fingerprint density at radius 3 is 2.50 bits per heavy atom. The maximum absolute atomic E-state index is 12.4. The molecule has 1 amide bonds. The highest BCUT2D eigenvalue weighted by molar-refractivity contribution is 6.30. The number of nitrogens with one attached hydrogen (secondary N) is 1. The smallest absolute Gasteiger partial charge is 0.244 e. The highest BCUT2D eigenvalue weighted by atomic mass is 35.5. The number of hydrogen-bond donors (Lipinski definition) is 1. The van der Waals surface area contributed by atoms with Crippen molar-refractivity contribution in [2.24, 2.45) is 0 Å². The van der Waals surface area contributed by atoms with Gasteiger partial charge in [-0.15, -0.1) is 0 Å². The number of nitrogens with zero attached hydrogens (tertiary/aromatic N) is 1. The third-order valence-electron chi connectivity index (χ3n) is 5.05. The van der Waals surface area contributed by atoms with Gasteiger partial charge in [0.05, 0.1) is 33.5 Å². The average Bonchev–Trinajstić information content (AvgIpc) is 2.79. The number of methoxy groups -OCH3 is 2. The molecule has 2 aromatic rings. The van der Waals surface area contributed by atoms with Gasteiger partial charge < -0.3 is 19.5 Å². The van der Waals surface area contributed by atoms with Gasteiger partial charge in [-0.3, -0.25) is 9.69 Å². The molecule has 0 saturated carbocycles. The van der Waals surface area contributed by atoms with Gasteiger partial charge >= 0.3 is 0 Å². The SMILES string of the molecule is COc1ccc(C=CC(=O)NCC(c2ccc(Cl)cc2)N2CCOCC2)cc1OC. The van der Waals surface area contributed by atoms with Crippen LogP contribution in [0.2, 0.25) is 5.02 Å². The molecule has 1 atom stereocenters. The lowest BCUT2D eigenvalue weighted by Crippen LogP contribution is -2.43. The van der Waals surface area contributed by atoms with Crippen LogP contribution in [0, 0.1) is 0 Å². The van der Waals surface area contributed by atoms with Crippen molar-refractivity contribution in [3.63, 3.8) is 0 Å². The fraction of sp³-hybridized carbons (Fsp3) is 0.348. The fourth-order valence-electron chi connectivity index (χ4n) is 3.42. The first-order valence-electron chi connectivity index (χ1n) is 9.86. The van der Waals surface area contributed by atoms with Crippen molar-refractivity contribution in [2.45, 2.75) is 6.04 Å². The third kappa shape index (κ3) is 5.98. The lowest BCUT2D eigenvalue weighted by molar-refractivity contribution is -0.116. The summed E-state index contributed by atoms with van der Waals surface area (Å²) < 4.78 is 16.0. The molecule has 0 radical (unpaired) electrons. The van der Waals surface area contributed by atoms with E-state index in [-0.39, 0.29) is 11.9 Å². The molecule has 0 bridgehead atoms. The molecule has 1 fully saturated rings. The number of benzene rings is 2. The van der Waals surface area contributed by atoms with E-state index in [9.17, 15) is 4.79 Å². The molecule has 0 aromatic heterocycles. The normalized spacial score (nSPS) is 15.7. The van der Waals surface area contributed by atoms with Crippen molar-refractivity contribution in [3.8, 4) is 11.5 Å². The molecule has 0 aliphatic carbocycles. The average molecular weight is 431 g/mol. The summed E-state index contributed by atoms with van der Waals surface area (Å²) >= 11 is 6.04. The minimum absolute atomic E-state index is 0.0598. The number of rotatable bonds is 8. The number of morpholine rings is 1. The van der Waals surface area contributed by atoms with Crippen LogP contribution < -0.4 is 14.8 Å².